The molecule has 0 saturated heterocycles. The van der Waals surface area contributed by atoms with Crippen LogP contribution < -0.4 is 10.6 Å². The second-order valence-corrected chi connectivity index (χ2v) is 8.05. The Morgan fingerprint density at radius 3 is 2.69 bits per heavy atom. The van der Waals surface area contributed by atoms with Crippen LogP contribution in [-0.4, -0.2) is 35.7 Å². The monoisotopic (exact) mass is 412 g/mol. The fourth-order valence-corrected chi connectivity index (χ4v) is 3.74. The largest absolute Gasteiger partial charge is 0.449 e. The molecule has 6 nitrogen and oxygen atoms in total. The molecule has 2 aromatic rings. The number of rotatable bonds is 7. The third-order valence-electron chi connectivity index (χ3n) is 4.60. The van der Waals surface area contributed by atoms with E-state index in [1.54, 1.807) is 25.1 Å². The first kappa shape index (κ1) is 20.9. The molecule has 29 heavy (non-hydrogen) atoms. The standard InChI is InChI=1S/C22H24N2O4S/c1-14(8-9-16-6-4-3-5-7-16)23-21(26)15(2)28-22(27)17-10-11-19-18(12-17)24-20(25)13-29-19/h3-7,10-12,14-15H,8-9,13H2,1-2H3,(H,23,26)(H,24,25)/t14-,15-/m0/s1. The lowest BCUT2D eigenvalue weighted by molar-refractivity contribution is -0.129. The number of amides is 2. The molecule has 0 bridgehead atoms. The van der Waals surface area contributed by atoms with Crippen molar-refractivity contribution >= 4 is 35.2 Å². The van der Waals surface area contributed by atoms with Gasteiger partial charge in [-0.1, -0.05) is 30.3 Å². The molecule has 0 aromatic heterocycles. The average Bonchev–Trinajstić information content (AvgIpc) is 2.72. The summed E-state index contributed by atoms with van der Waals surface area (Å²) >= 11 is 1.42. The molecule has 1 aliphatic heterocycles. The summed E-state index contributed by atoms with van der Waals surface area (Å²) in [5, 5.41) is 5.62. The maximum Gasteiger partial charge on any atom is 0.338 e. The highest BCUT2D eigenvalue weighted by Gasteiger charge is 2.22. The molecule has 2 atom stereocenters. The van der Waals surface area contributed by atoms with Gasteiger partial charge in [-0.3, -0.25) is 9.59 Å². The van der Waals surface area contributed by atoms with Gasteiger partial charge in [-0.25, -0.2) is 4.79 Å². The number of hydrogen-bond acceptors (Lipinski definition) is 5. The molecule has 0 saturated carbocycles. The summed E-state index contributed by atoms with van der Waals surface area (Å²) in [6.45, 7) is 3.48. The fourth-order valence-electron chi connectivity index (χ4n) is 2.95. The van der Waals surface area contributed by atoms with Gasteiger partial charge in [0, 0.05) is 10.9 Å². The Labute approximate surface area is 174 Å². The van der Waals surface area contributed by atoms with Crippen LogP contribution >= 0.6 is 11.8 Å². The van der Waals surface area contributed by atoms with Crippen LogP contribution in [0.15, 0.2) is 53.4 Å². The molecule has 2 amide bonds. The quantitative estimate of drug-likeness (QED) is 0.681. The molecule has 2 aromatic carbocycles. The number of ether oxygens (including phenoxy) is 1. The van der Waals surface area contributed by atoms with E-state index in [-0.39, 0.29) is 17.9 Å². The van der Waals surface area contributed by atoms with E-state index in [4.69, 9.17) is 4.74 Å². The van der Waals surface area contributed by atoms with Gasteiger partial charge >= 0.3 is 5.97 Å². The van der Waals surface area contributed by atoms with E-state index in [1.165, 1.54) is 17.3 Å². The van der Waals surface area contributed by atoms with Gasteiger partial charge in [0.15, 0.2) is 6.10 Å². The minimum atomic E-state index is -0.915. The van der Waals surface area contributed by atoms with Crippen molar-refractivity contribution in [3.05, 3.63) is 59.7 Å². The Balaban J connectivity index is 1.50. The Morgan fingerprint density at radius 1 is 1.17 bits per heavy atom. The molecule has 1 aliphatic rings. The normalized spacial score (nSPS) is 14.9. The summed E-state index contributed by atoms with van der Waals surface area (Å²) in [6, 6.07) is 15.0. The molecule has 3 rings (SSSR count). The predicted molar refractivity (Wildman–Crippen MR) is 113 cm³/mol. The summed E-state index contributed by atoms with van der Waals surface area (Å²) in [5.41, 5.74) is 2.10. The number of thioether (sulfide) groups is 1. The minimum Gasteiger partial charge on any atom is -0.449 e. The van der Waals surface area contributed by atoms with Gasteiger partial charge in [0.05, 0.1) is 17.0 Å². The fraction of sp³-hybridized carbons (Fsp3) is 0.318. The number of nitrogens with one attached hydrogen (secondary N) is 2. The number of benzene rings is 2. The summed E-state index contributed by atoms with van der Waals surface area (Å²) in [6.07, 6.45) is 0.732. The summed E-state index contributed by atoms with van der Waals surface area (Å²) < 4.78 is 5.31. The number of hydrogen-bond donors (Lipinski definition) is 2. The van der Waals surface area contributed by atoms with Crippen molar-refractivity contribution < 1.29 is 19.1 Å². The van der Waals surface area contributed by atoms with Crippen molar-refractivity contribution in [2.45, 2.75) is 43.7 Å². The highest BCUT2D eigenvalue weighted by atomic mass is 32.2. The van der Waals surface area contributed by atoms with Crippen molar-refractivity contribution in [2.75, 3.05) is 11.1 Å². The molecule has 152 valence electrons. The van der Waals surface area contributed by atoms with Gasteiger partial charge in [0.1, 0.15) is 0 Å². The number of carbonyl (C=O) groups excluding carboxylic acids is 3. The van der Waals surface area contributed by atoms with Crippen molar-refractivity contribution in [1.82, 2.24) is 5.32 Å². The molecule has 0 radical (unpaired) electrons. The van der Waals surface area contributed by atoms with Crippen LogP contribution in [0.3, 0.4) is 0 Å². The molecule has 0 fully saturated rings. The van der Waals surface area contributed by atoms with Crippen LogP contribution in [-0.2, 0) is 20.7 Å². The lowest BCUT2D eigenvalue weighted by Gasteiger charge is -2.19. The summed E-state index contributed by atoms with van der Waals surface area (Å²) in [5.74, 6) is -0.681. The van der Waals surface area contributed by atoms with Crippen LogP contribution in [0, 0.1) is 0 Å². The third-order valence-corrected chi connectivity index (χ3v) is 5.67. The van der Waals surface area contributed by atoms with E-state index in [1.807, 2.05) is 25.1 Å². The molecular formula is C22H24N2O4S. The first-order valence-electron chi connectivity index (χ1n) is 9.54. The number of anilines is 1. The Kier molecular flexibility index (Phi) is 6.93. The van der Waals surface area contributed by atoms with Gasteiger partial charge in [0.2, 0.25) is 5.91 Å². The van der Waals surface area contributed by atoms with E-state index >= 15 is 0 Å². The summed E-state index contributed by atoms with van der Waals surface area (Å²) in [4.78, 5) is 37.2. The topological polar surface area (TPSA) is 84.5 Å². The molecular weight excluding hydrogens is 388 g/mol. The van der Waals surface area contributed by atoms with Gasteiger partial charge in [0.25, 0.3) is 5.91 Å². The zero-order valence-electron chi connectivity index (χ0n) is 16.4. The van der Waals surface area contributed by atoms with Crippen LogP contribution in [0.25, 0.3) is 0 Å². The Morgan fingerprint density at radius 2 is 1.93 bits per heavy atom. The Hall–Kier alpha value is -2.80. The van der Waals surface area contributed by atoms with E-state index in [9.17, 15) is 14.4 Å². The number of fused-ring (bicyclic) bond motifs is 1. The van der Waals surface area contributed by atoms with Crippen molar-refractivity contribution in [1.29, 1.82) is 0 Å². The zero-order valence-corrected chi connectivity index (χ0v) is 17.3. The lowest BCUT2D eigenvalue weighted by atomic mass is 10.1. The first-order valence-corrected chi connectivity index (χ1v) is 10.5. The second-order valence-electron chi connectivity index (χ2n) is 7.03. The number of aryl methyl sites for hydroxylation is 1. The van der Waals surface area contributed by atoms with E-state index in [0.29, 0.717) is 17.0 Å². The van der Waals surface area contributed by atoms with Crippen LogP contribution in [0.1, 0.15) is 36.2 Å². The highest BCUT2D eigenvalue weighted by Crippen LogP contribution is 2.32. The first-order chi connectivity index (χ1) is 13.9. The maximum absolute atomic E-state index is 12.4. The summed E-state index contributed by atoms with van der Waals surface area (Å²) in [7, 11) is 0. The van der Waals surface area contributed by atoms with Crippen molar-refractivity contribution in [3.63, 3.8) is 0 Å². The zero-order chi connectivity index (χ0) is 20.8. The van der Waals surface area contributed by atoms with Gasteiger partial charge in [-0.2, -0.15) is 0 Å². The van der Waals surface area contributed by atoms with E-state index < -0.39 is 12.1 Å². The van der Waals surface area contributed by atoms with Crippen LogP contribution in [0.5, 0.6) is 0 Å². The SMILES string of the molecule is C[C@H](OC(=O)c1ccc2c(c1)NC(=O)CS2)C(=O)N[C@@H](C)CCc1ccccc1. The molecule has 0 spiro atoms. The smallest absolute Gasteiger partial charge is 0.338 e. The molecule has 1 heterocycles. The number of carbonyl (C=O) groups is 3. The molecule has 2 N–H and O–H groups in total. The second kappa shape index (κ2) is 9.60. The van der Waals surface area contributed by atoms with Crippen LogP contribution in [0.4, 0.5) is 5.69 Å². The molecule has 0 unspecified atom stereocenters. The Bertz CT molecular complexity index is 901. The highest BCUT2D eigenvalue weighted by molar-refractivity contribution is 8.00. The van der Waals surface area contributed by atoms with Crippen LogP contribution in [0.2, 0.25) is 0 Å². The van der Waals surface area contributed by atoms with Crippen molar-refractivity contribution in [2.24, 2.45) is 0 Å². The maximum atomic E-state index is 12.4. The number of esters is 1. The van der Waals surface area contributed by atoms with Crippen molar-refractivity contribution in [3.8, 4) is 0 Å². The minimum absolute atomic E-state index is 0.0418. The van der Waals surface area contributed by atoms with Gasteiger partial charge in [-0.05, 0) is 50.5 Å². The van der Waals surface area contributed by atoms with Gasteiger partial charge < -0.3 is 15.4 Å². The predicted octanol–water partition coefficient (Wildman–Crippen LogP) is 3.41. The molecule has 0 aliphatic carbocycles. The average molecular weight is 413 g/mol. The van der Waals surface area contributed by atoms with Gasteiger partial charge in [-0.15, -0.1) is 11.8 Å². The third kappa shape index (κ3) is 5.84. The lowest BCUT2D eigenvalue weighted by Crippen LogP contribution is -2.41. The van der Waals surface area contributed by atoms with E-state index in [2.05, 4.69) is 22.8 Å². The molecule has 7 heteroatoms. The van der Waals surface area contributed by atoms with E-state index in [0.717, 1.165) is 17.7 Å².